The van der Waals surface area contributed by atoms with Crippen LogP contribution < -0.4 is 5.32 Å². The molecule has 0 aromatic carbocycles. The molecule has 1 N–H and O–H groups in total. The van der Waals surface area contributed by atoms with E-state index in [9.17, 15) is 8.42 Å². The first kappa shape index (κ1) is 14.7. The number of hydrogen-bond acceptors (Lipinski definition) is 7. The number of hydrogen-bond donors (Lipinski definition) is 1. The van der Waals surface area contributed by atoms with E-state index in [4.69, 9.17) is 8.94 Å². The van der Waals surface area contributed by atoms with Gasteiger partial charge in [0.1, 0.15) is 5.76 Å². The van der Waals surface area contributed by atoms with Crippen LogP contribution >= 0.6 is 0 Å². The molecule has 0 fully saturated rings. The highest BCUT2D eigenvalue weighted by Gasteiger charge is 2.21. The van der Waals surface area contributed by atoms with Gasteiger partial charge in [0.15, 0.2) is 6.33 Å². The number of rotatable bonds is 7. The van der Waals surface area contributed by atoms with E-state index in [1.165, 1.54) is 26.5 Å². The van der Waals surface area contributed by atoms with E-state index >= 15 is 0 Å². The molecule has 2 aromatic heterocycles. The van der Waals surface area contributed by atoms with Gasteiger partial charge in [-0.3, -0.25) is 0 Å². The zero-order valence-corrected chi connectivity index (χ0v) is 12.1. The highest BCUT2D eigenvalue weighted by atomic mass is 32.2. The SMILES string of the molecule is CN(C)S(=O)(=O)c1ccc(CNCCc2ncno2)o1. The molecule has 8 nitrogen and oxygen atoms in total. The van der Waals surface area contributed by atoms with Gasteiger partial charge in [0.05, 0.1) is 6.54 Å². The van der Waals surface area contributed by atoms with Crippen LogP contribution in [-0.2, 0) is 23.0 Å². The van der Waals surface area contributed by atoms with Crippen molar-refractivity contribution in [3.05, 3.63) is 30.1 Å². The lowest BCUT2D eigenvalue weighted by molar-refractivity contribution is 0.368. The number of furan rings is 1. The maximum absolute atomic E-state index is 11.8. The predicted molar refractivity (Wildman–Crippen MR) is 69.3 cm³/mol. The van der Waals surface area contributed by atoms with Crippen molar-refractivity contribution < 1.29 is 17.4 Å². The van der Waals surface area contributed by atoms with Gasteiger partial charge in [-0.1, -0.05) is 5.16 Å². The molecule has 0 saturated heterocycles. The molecule has 0 atom stereocenters. The maximum Gasteiger partial charge on any atom is 0.275 e. The van der Waals surface area contributed by atoms with Gasteiger partial charge >= 0.3 is 0 Å². The van der Waals surface area contributed by atoms with E-state index in [1.54, 1.807) is 6.07 Å². The Labute approximate surface area is 116 Å². The fourth-order valence-corrected chi connectivity index (χ4v) is 2.30. The smallest absolute Gasteiger partial charge is 0.275 e. The van der Waals surface area contributed by atoms with Crippen molar-refractivity contribution in [1.29, 1.82) is 0 Å². The second kappa shape index (κ2) is 6.16. The van der Waals surface area contributed by atoms with Gasteiger partial charge in [-0.15, -0.1) is 0 Å². The summed E-state index contributed by atoms with van der Waals surface area (Å²) < 4.78 is 34.9. The Morgan fingerprint density at radius 1 is 1.35 bits per heavy atom. The van der Waals surface area contributed by atoms with Crippen molar-refractivity contribution >= 4 is 10.0 Å². The fourth-order valence-electron chi connectivity index (χ4n) is 1.48. The van der Waals surface area contributed by atoms with Gasteiger partial charge in [-0.25, -0.2) is 12.7 Å². The summed E-state index contributed by atoms with van der Waals surface area (Å²) in [5.41, 5.74) is 0. The molecule has 2 aromatic rings. The Balaban J connectivity index is 1.84. The lowest BCUT2D eigenvalue weighted by Gasteiger charge is -2.07. The van der Waals surface area contributed by atoms with Gasteiger partial charge in [-0.05, 0) is 12.1 Å². The van der Waals surface area contributed by atoms with Crippen LogP contribution in [0.1, 0.15) is 11.7 Å². The van der Waals surface area contributed by atoms with Crippen LogP contribution in [0.5, 0.6) is 0 Å². The summed E-state index contributed by atoms with van der Waals surface area (Å²) >= 11 is 0. The second-order valence-corrected chi connectivity index (χ2v) is 6.35. The van der Waals surface area contributed by atoms with Gasteiger partial charge < -0.3 is 14.3 Å². The standard InChI is InChI=1S/C11H16N4O4S/c1-15(2)20(16,17)11-4-3-9(18-11)7-12-6-5-10-13-8-14-19-10/h3-4,8,12H,5-7H2,1-2H3. The molecule has 2 rings (SSSR count). The summed E-state index contributed by atoms with van der Waals surface area (Å²) in [4.78, 5) is 3.89. The first-order valence-corrected chi connectivity index (χ1v) is 7.41. The molecule has 20 heavy (non-hydrogen) atoms. The average molecular weight is 300 g/mol. The zero-order chi connectivity index (χ0) is 14.6. The topological polar surface area (TPSA) is 101 Å². The summed E-state index contributed by atoms with van der Waals surface area (Å²) in [6.07, 6.45) is 1.95. The Morgan fingerprint density at radius 3 is 2.80 bits per heavy atom. The van der Waals surface area contributed by atoms with Crippen molar-refractivity contribution in [2.45, 2.75) is 18.1 Å². The molecule has 0 aliphatic rings. The van der Waals surface area contributed by atoms with Crippen molar-refractivity contribution in [3.63, 3.8) is 0 Å². The molecule has 110 valence electrons. The van der Waals surface area contributed by atoms with E-state index < -0.39 is 10.0 Å². The minimum Gasteiger partial charge on any atom is -0.447 e. The molecular formula is C11H16N4O4S. The lowest BCUT2D eigenvalue weighted by Crippen LogP contribution is -2.21. The van der Waals surface area contributed by atoms with Crippen molar-refractivity contribution in [2.24, 2.45) is 0 Å². The Hall–Kier alpha value is -1.71. The second-order valence-electron chi connectivity index (χ2n) is 4.27. The molecular weight excluding hydrogens is 284 g/mol. The molecule has 0 saturated carbocycles. The van der Waals surface area contributed by atoms with E-state index in [0.717, 1.165) is 4.31 Å². The van der Waals surface area contributed by atoms with E-state index in [0.29, 0.717) is 31.2 Å². The molecule has 0 spiro atoms. The summed E-state index contributed by atoms with van der Waals surface area (Å²) in [7, 11) is -0.599. The summed E-state index contributed by atoms with van der Waals surface area (Å²) in [5.74, 6) is 1.10. The summed E-state index contributed by atoms with van der Waals surface area (Å²) in [6, 6.07) is 3.08. The minimum atomic E-state index is -3.52. The molecule has 0 aliphatic carbocycles. The molecule has 0 bridgehead atoms. The van der Waals surface area contributed by atoms with Crippen molar-refractivity contribution in [3.8, 4) is 0 Å². The van der Waals surface area contributed by atoms with Crippen LogP contribution in [0.4, 0.5) is 0 Å². The van der Waals surface area contributed by atoms with Crippen LogP contribution in [0.3, 0.4) is 0 Å². The van der Waals surface area contributed by atoms with Gasteiger partial charge in [-0.2, -0.15) is 4.98 Å². The van der Waals surface area contributed by atoms with Crippen LogP contribution in [0.15, 0.2) is 32.5 Å². The highest BCUT2D eigenvalue weighted by molar-refractivity contribution is 7.88. The van der Waals surface area contributed by atoms with Gasteiger partial charge in [0, 0.05) is 27.1 Å². The van der Waals surface area contributed by atoms with Crippen LogP contribution in [0, 0.1) is 0 Å². The third kappa shape index (κ3) is 3.44. The molecule has 0 unspecified atom stereocenters. The number of nitrogens with zero attached hydrogens (tertiary/aromatic N) is 3. The summed E-state index contributed by atoms with van der Waals surface area (Å²) in [6.45, 7) is 1.05. The minimum absolute atomic E-state index is 0.0591. The maximum atomic E-state index is 11.8. The molecule has 0 radical (unpaired) electrons. The third-order valence-corrected chi connectivity index (χ3v) is 4.28. The number of aromatic nitrogens is 2. The first-order chi connectivity index (χ1) is 9.50. The van der Waals surface area contributed by atoms with Crippen LogP contribution in [-0.4, -0.2) is 43.5 Å². The Kier molecular flexibility index (Phi) is 4.53. The zero-order valence-electron chi connectivity index (χ0n) is 11.2. The Morgan fingerprint density at radius 2 is 2.15 bits per heavy atom. The quantitative estimate of drug-likeness (QED) is 0.731. The fraction of sp³-hybridized carbons (Fsp3) is 0.455. The van der Waals surface area contributed by atoms with Crippen LogP contribution in [0.2, 0.25) is 0 Å². The molecule has 0 amide bonds. The number of nitrogens with one attached hydrogen (secondary N) is 1. The molecule has 2 heterocycles. The highest BCUT2D eigenvalue weighted by Crippen LogP contribution is 2.16. The Bertz CT molecular complexity index is 633. The van der Waals surface area contributed by atoms with E-state index in [-0.39, 0.29) is 5.09 Å². The van der Waals surface area contributed by atoms with E-state index in [2.05, 4.69) is 15.5 Å². The number of sulfonamides is 1. The largest absolute Gasteiger partial charge is 0.447 e. The molecule has 0 aliphatic heterocycles. The third-order valence-electron chi connectivity index (χ3n) is 2.59. The summed E-state index contributed by atoms with van der Waals surface area (Å²) in [5, 5.41) is 6.55. The predicted octanol–water partition coefficient (Wildman–Crippen LogP) is 0.245. The lowest BCUT2D eigenvalue weighted by atomic mass is 10.4. The van der Waals surface area contributed by atoms with Crippen molar-refractivity contribution in [1.82, 2.24) is 19.8 Å². The first-order valence-electron chi connectivity index (χ1n) is 5.97. The van der Waals surface area contributed by atoms with Gasteiger partial charge in [0.25, 0.3) is 10.0 Å². The average Bonchev–Trinajstić information content (AvgIpc) is 3.06. The van der Waals surface area contributed by atoms with Gasteiger partial charge in [0.2, 0.25) is 11.0 Å². The van der Waals surface area contributed by atoms with E-state index in [1.807, 2.05) is 0 Å². The van der Waals surface area contributed by atoms with Crippen molar-refractivity contribution in [2.75, 3.05) is 20.6 Å². The molecule has 9 heteroatoms. The van der Waals surface area contributed by atoms with Crippen LogP contribution in [0.25, 0.3) is 0 Å². The normalized spacial score (nSPS) is 12.2. The monoisotopic (exact) mass is 300 g/mol.